The Morgan fingerprint density at radius 1 is 1.17 bits per heavy atom. The maximum absolute atomic E-state index is 13.1. The number of nitrogens with zero attached hydrogens (tertiary/aromatic N) is 3. The van der Waals surface area contributed by atoms with Crippen molar-refractivity contribution in [3.63, 3.8) is 0 Å². The SMILES string of the molecule is C[C@@H]1CN2c3ccc(-n4cccn4)cc3CC3(C(=O)NC(=O)NC3=O)[C@H]2[C@H](C)O1. The molecular formula is C20H21N5O4. The Kier molecular flexibility index (Phi) is 3.79. The van der Waals surface area contributed by atoms with Crippen molar-refractivity contribution < 1.29 is 19.1 Å². The summed E-state index contributed by atoms with van der Waals surface area (Å²) in [4.78, 5) is 40.0. The van der Waals surface area contributed by atoms with Crippen molar-refractivity contribution in [1.29, 1.82) is 0 Å². The van der Waals surface area contributed by atoms with Crippen molar-refractivity contribution in [2.24, 2.45) is 5.41 Å². The molecule has 0 saturated carbocycles. The van der Waals surface area contributed by atoms with Gasteiger partial charge in [0.05, 0.1) is 23.9 Å². The lowest BCUT2D eigenvalue weighted by Crippen LogP contribution is -2.75. The highest BCUT2D eigenvalue weighted by Crippen LogP contribution is 2.47. The van der Waals surface area contributed by atoms with Gasteiger partial charge in [0.25, 0.3) is 0 Å². The van der Waals surface area contributed by atoms with Crippen LogP contribution in [-0.4, -0.2) is 52.4 Å². The fraction of sp³-hybridized carbons (Fsp3) is 0.400. The number of carbonyl (C=O) groups excluding carboxylic acids is 3. The largest absolute Gasteiger partial charge is 0.372 e. The van der Waals surface area contributed by atoms with E-state index in [1.807, 2.05) is 44.3 Å². The molecule has 9 heteroatoms. The third-order valence-corrected chi connectivity index (χ3v) is 6.06. The smallest absolute Gasteiger partial charge is 0.328 e. The fourth-order valence-corrected chi connectivity index (χ4v) is 5.00. The van der Waals surface area contributed by atoms with Gasteiger partial charge in [-0.1, -0.05) is 0 Å². The van der Waals surface area contributed by atoms with Gasteiger partial charge in [-0.25, -0.2) is 9.48 Å². The van der Waals surface area contributed by atoms with E-state index in [-0.39, 0.29) is 18.6 Å². The normalized spacial score (nSPS) is 27.9. The van der Waals surface area contributed by atoms with Crippen molar-refractivity contribution in [3.8, 4) is 5.69 Å². The van der Waals surface area contributed by atoms with Gasteiger partial charge < -0.3 is 9.64 Å². The van der Waals surface area contributed by atoms with Gasteiger partial charge in [0.1, 0.15) is 0 Å². The predicted molar refractivity (Wildman–Crippen MR) is 103 cm³/mol. The molecule has 5 rings (SSSR count). The number of rotatable bonds is 1. The molecule has 3 atom stereocenters. The topological polar surface area (TPSA) is 106 Å². The molecule has 2 saturated heterocycles. The van der Waals surface area contributed by atoms with Crippen molar-refractivity contribution in [3.05, 3.63) is 42.2 Å². The monoisotopic (exact) mass is 395 g/mol. The standard InChI is InChI=1S/C20H21N5O4/c1-11-10-24-15-5-4-14(25-7-3-6-21-25)8-13(15)9-20(16(24)12(2)29-11)17(26)22-19(28)23-18(20)27/h3-8,11-12,16H,9-10H2,1-2H3,(H2,22,23,26,27,28)/t11-,12+,16-/m1/s1. The van der Waals surface area contributed by atoms with Crippen LogP contribution in [0.25, 0.3) is 5.69 Å². The second kappa shape index (κ2) is 6.15. The Balaban J connectivity index is 1.69. The number of benzene rings is 1. The molecule has 0 aliphatic carbocycles. The quantitative estimate of drug-likeness (QED) is 0.691. The lowest BCUT2D eigenvalue weighted by atomic mass is 9.66. The number of urea groups is 1. The van der Waals surface area contributed by atoms with Gasteiger partial charge in [-0.15, -0.1) is 0 Å². The van der Waals surface area contributed by atoms with Crippen LogP contribution in [0, 0.1) is 5.41 Å². The average molecular weight is 395 g/mol. The summed E-state index contributed by atoms with van der Waals surface area (Å²) in [6.07, 6.45) is 3.26. The lowest BCUT2D eigenvalue weighted by Gasteiger charge is -2.55. The van der Waals surface area contributed by atoms with Crippen LogP contribution in [0.15, 0.2) is 36.7 Å². The Morgan fingerprint density at radius 3 is 2.62 bits per heavy atom. The molecule has 4 amide bonds. The molecule has 2 aromatic rings. The second-order valence-electron chi connectivity index (χ2n) is 7.90. The molecule has 0 unspecified atom stereocenters. The summed E-state index contributed by atoms with van der Waals surface area (Å²) in [5, 5.41) is 8.86. The van der Waals surface area contributed by atoms with Gasteiger partial charge in [0, 0.05) is 24.6 Å². The van der Waals surface area contributed by atoms with Gasteiger partial charge in [-0.05, 0) is 50.1 Å². The van der Waals surface area contributed by atoms with E-state index in [4.69, 9.17) is 4.74 Å². The van der Waals surface area contributed by atoms with Gasteiger partial charge in [0.15, 0.2) is 5.41 Å². The van der Waals surface area contributed by atoms with Crippen LogP contribution in [0.2, 0.25) is 0 Å². The molecule has 29 heavy (non-hydrogen) atoms. The van der Waals surface area contributed by atoms with E-state index in [9.17, 15) is 14.4 Å². The van der Waals surface area contributed by atoms with Gasteiger partial charge in [0.2, 0.25) is 11.8 Å². The Bertz CT molecular complexity index is 998. The number of fused-ring (bicyclic) bond motifs is 4. The number of barbiturate groups is 1. The minimum absolute atomic E-state index is 0.0635. The number of anilines is 1. The number of ether oxygens (including phenoxy) is 1. The van der Waals surface area contributed by atoms with E-state index in [1.54, 1.807) is 10.9 Å². The van der Waals surface area contributed by atoms with Crippen molar-refractivity contribution >= 4 is 23.5 Å². The summed E-state index contributed by atoms with van der Waals surface area (Å²) >= 11 is 0. The van der Waals surface area contributed by atoms with Crippen LogP contribution in [0.1, 0.15) is 19.4 Å². The van der Waals surface area contributed by atoms with Crippen LogP contribution >= 0.6 is 0 Å². The van der Waals surface area contributed by atoms with Crippen LogP contribution in [0.3, 0.4) is 0 Å². The first-order valence-corrected chi connectivity index (χ1v) is 9.62. The summed E-state index contributed by atoms with van der Waals surface area (Å²) in [5.41, 5.74) is 1.21. The zero-order valence-electron chi connectivity index (χ0n) is 16.1. The van der Waals surface area contributed by atoms with Gasteiger partial charge >= 0.3 is 6.03 Å². The minimum atomic E-state index is -1.46. The van der Waals surface area contributed by atoms with Crippen molar-refractivity contribution in [2.45, 2.75) is 38.5 Å². The van der Waals surface area contributed by atoms with Gasteiger partial charge in [-0.3, -0.25) is 20.2 Å². The van der Waals surface area contributed by atoms with E-state index >= 15 is 0 Å². The van der Waals surface area contributed by atoms with E-state index < -0.39 is 29.3 Å². The highest BCUT2D eigenvalue weighted by Gasteiger charge is 2.62. The number of hydrogen-bond acceptors (Lipinski definition) is 6. The molecule has 3 aliphatic rings. The first-order chi connectivity index (χ1) is 13.9. The maximum atomic E-state index is 13.1. The number of nitrogens with one attached hydrogen (secondary N) is 2. The van der Waals surface area contributed by atoms with E-state index in [0.717, 1.165) is 16.9 Å². The third-order valence-electron chi connectivity index (χ3n) is 6.06. The van der Waals surface area contributed by atoms with Crippen LogP contribution < -0.4 is 15.5 Å². The minimum Gasteiger partial charge on any atom is -0.372 e. The molecule has 2 fully saturated rings. The highest BCUT2D eigenvalue weighted by atomic mass is 16.5. The Labute approximate surface area is 167 Å². The summed E-state index contributed by atoms with van der Waals surface area (Å²) in [6, 6.07) is 6.44. The first kappa shape index (κ1) is 17.9. The number of imide groups is 2. The molecule has 2 N–H and O–H groups in total. The molecule has 1 aromatic carbocycles. The highest BCUT2D eigenvalue weighted by molar-refractivity contribution is 6.20. The molecule has 1 aromatic heterocycles. The maximum Gasteiger partial charge on any atom is 0.328 e. The van der Waals surface area contributed by atoms with Gasteiger partial charge in [-0.2, -0.15) is 5.10 Å². The number of morpholine rings is 1. The number of aromatic nitrogens is 2. The summed E-state index contributed by atoms with van der Waals surface area (Å²) in [5.74, 6) is -1.16. The summed E-state index contributed by atoms with van der Waals surface area (Å²) < 4.78 is 7.73. The molecule has 0 bridgehead atoms. The first-order valence-electron chi connectivity index (χ1n) is 9.62. The zero-order chi connectivity index (χ0) is 20.3. The predicted octanol–water partition coefficient (Wildman–Crippen LogP) is 0.763. The van der Waals surface area contributed by atoms with E-state index in [0.29, 0.717) is 6.54 Å². The third kappa shape index (κ3) is 2.50. The van der Waals surface area contributed by atoms with Crippen LogP contribution in [-0.2, 0) is 20.7 Å². The molecule has 9 nitrogen and oxygen atoms in total. The summed E-state index contributed by atoms with van der Waals surface area (Å²) in [7, 11) is 0. The molecule has 3 aliphatic heterocycles. The Hall–Kier alpha value is -3.20. The van der Waals surface area contributed by atoms with E-state index in [2.05, 4.69) is 20.6 Å². The summed E-state index contributed by atoms with van der Waals surface area (Å²) in [6.45, 7) is 4.38. The number of amides is 4. The number of carbonyl (C=O) groups is 3. The van der Waals surface area contributed by atoms with Crippen molar-refractivity contribution in [2.75, 3.05) is 11.4 Å². The van der Waals surface area contributed by atoms with Crippen LogP contribution in [0.5, 0.6) is 0 Å². The molecule has 1 spiro atoms. The number of hydrogen-bond donors (Lipinski definition) is 2. The molecule has 4 heterocycles. The zero-order valence-corrected chi connectivity index (χ0v) is 16.1. The fourth-order valence-electron chi connectivity index (χ4n) is 5.00. The van der Waals surface area contributed by atoms with Crippen molar-refractivity contribution in [1.82, 2.24) is 20.4 Å². The molecule has 0 radical (unpaired) electrons. The molecular weight excluding hydrogens is 374 g/mol. The van der Waals surface area contributed by atoms with Crippen LogP contribution in [0.4, 0.5) is 10.5 Å². The van der Waals surface area contributed by atoms with E-state index in [1.165, 1.54) is 0 Å². The molecule has 150 valence electrons. The second-order valence-corrected chi connectivity index (χ2v) is 7.90. The Morgan fingerprint density at radius 2 is 1.93 bits per heavy atom. The average Bonchev–Trinajstić information content (AvgIpc) is 3.20. The lowest BCUT2D eigenvalue weighted by molar-refractivity contribution is -0.153.